The van der Waals surface area contributed by atoms with Gasteiger partial charge in [0.05, 0.1) is 42.6 Å². The highest BCUT2D eigenvalue weighted by Crippen LogP contribution is 2.20. The van der Waals surface area contributed by atoms with E-state index in [1.54, 1.807) is 6.20 Å². The molecular formula is C22H18N4O6. The number of rotatable bonds is 6. The second kappa shape index (κ2) is 8.72. The molecule has 0 spiro atoms. The topological polar surface area (TPSA) is 125 Å². The van der Waals surface area contributed by atoms with Crippen molar-refractivity contribution in [2.24, 2.45) is 0 Å². The number of aromatic amines is 1. The van der Waals surface area contributed by atoms with Crippen LogP contribution in [-0.2, 0) is 16.1 Å². The Labute approximate surface area is 181 Å². The predicted octanol–water partition coefficient (Wildman–Crippen LogP) is 2.26. The summed E-state index contributed by atoms with van der Waals surface area (Å²) in [5.74, 6) is -0.952. The van der Waals surface area contributed by atoms with Crippen LogP contribution in [0.2, 0.25) is 0 Å². The van der Waals surface area contributed by atoms with E-state index in [0.717, 1.165) is 5.69 Å². The fraction of sp³-hybridized carbons (Fsp3) is 0.136. The van der Waals surface area contributed by atoms with E-state index in [9.17, 15) is 14.4 Å². The Balaban J connectivity index is 1.57. The lowest BCUT2D eigenvalue weighted by Gasteiger charge is -2.06. The van der Waals surface area contributed by atoms with Gasteiger partial charge in [0.25, 0.3) is 5.56 Å². The predicted molar refractivity (Wildman–Crippen MR) is 113 cm³/mol. The van der Waals surface area contributed by atoms with Crippen molar-refractivity contribution in [1.82, 2.24) is 19.7 Å². The molecule has 0 saturated carbocycles. The number of carbonyl (C=O) groups is 2. The van der Waals surface area contributed by atoms with Crippen molar-refractivity contribution >= 4 is 22.8 Å². The van der Waals surface area contributed by atoms with E-state index in [-0.39, 0.29) is 40.3 Å². The number of para-hydroxylation sites is 1. The molecule has 162 valence electrons. The number of aromatic nitrogens is 4. The van der Waals surface area contributed by atoms with Crippen LogP contribution in [0, 0.1) is 0 Å². The number of hydrogen-bond donors (Lipinski definition) is 1. The summed E-state index contributed by atoms with van der Waals surface area (Å²) in [5, 5.41) is 4.53. The molecule has 0 bridgehead atoms. The van der Waals surface area contributed by atoms with Gasteiger partial charge in [-0.15, -0.1) is 0 Å². The molecule has 0 aliphatic rings. The van der Waals surface area contributed by atoms with Crippen molar-refractivity contribution in [2.75, 3.05) is 14.2 Å². The lowest BCUT2D eigenvalue weighted by Crippen LogP contribution is -2.15. The van der Waals surface area contributed by atoms with Crippen LogP contribution in [0.4, 0.5) is 0 Å². The number of nitrogens with one attached hydrogen (secondary N) is 1. The minimum Gasteiger partial charge on any atom is -0.493 e. The van der Waals surface area contributed by atoms with Crippen LogP contribution in [0.15, 0.2) is 59.5 Å². The molecule has 0 saturated heterocycles. The normalized spacial score (nSPS) is 10.7. The molecule has 0 radical (unpaired) electrons. The summed E-state index contributed by atoms with van der Waals surface area (Å²) in [6, 6.07) is 13.6. The van der Waals surface area contributed by atoms with Crippen molar-refractivity contribution in [3.63, 3.8) is 0 Å². The molecule has 2 aromatic carbocycles. The van der Waals surface area contributed by atoms with E-state index < -0.39 is 17.5 Å². The molecule has 1 N–H and O–H groups in total. The van der Waals surface area contributed by atoms with E-state index in [2.05, 4.69) is 19.8 Å². The third-order valence-corrected chi connectivity index (χ3v) is 4.63. The number of H-pyrrole nitrogens is 1. The van der Waals surface area contributed by atoms with Crippen LogP contribution in [0.3, 0.4) is 0 Å². The first-order valence-corrected chi connectivity index (χ1v) is 9.47. The Morgan fingerprint density at radius 3 is 2.56 bits per heavy atom. The molecule has 0 atom stereocenters. The van der Waals surface area contributed by atoms with Crippen LogP contribution in [0.5, 0.6) is 5.75 Å². The summed E-state index contributed by atoms with van der Waals surface area (Å²) < 4.78 is 16.7. The summed E-state index contributed by atoms with van der Waals surface area (Å²) in [4.78, 5) is 43.5. The van der Waals surface area contributed by atoms with E-state index in [1.807, 2.05) is 30.3 Å². The van der Waals surface area contributed by atoms with Crippen molar-refractivity contribution < 1.29 is 23.8 Å². The molecule has 4 aromatic rings. The maximum Gasteiger partial charge on any atom is 0.363 e. The summed E-state index contributed by atoms with van der Waals surface area (Å²) in [6.45, 7) is -0.312. The number of ether oxygens (including phenoxy) is 3. The molecule has 2 heterocycles. The first kappa shape index (κ1) is 20.8. The zero-order valence-corrected chi connectivity index (χ0v) is 17.2. The quantitative estimate of drug-likeness (QED) is 0.458. The Morgan fingerprint density at radius 2 is 1.84 bits per heavy atom. The number of hydrogen-bond acceptors (Lipinski definition) is 8. The average Bonchev–Trinajstić information content (AvgIpc) is 3.27. The zero-order valence-electron chi connectivity index (χ0n) is 17.2. The van der Waals surface area contributed by atoms with Gasteiger partial charge in [-0.2, -0.15) is 5.10 Å². The van der Waals surface area contributed by atoms with E-state index in [1.165, 1.54) is 37.1 Å². The minimum atomic E-state index is -0.748. The molecular weight excluding hydrogens is 416 g/mol. The molecule has 10 nitrogen and oxygen atoms in total. The highest BCUT2D eigenvalue weighted by Gasteiger charge is 2.20. The highest BCUT2D eigenvalue weighted by molar-refractivity contribution is 5.94. The van der Waals surface area contributed by atoms with Gasteiger partial charge in [-0.3, -0.25) is 4.79 Å². The van der Waals surface area contributed by atoms with Gasteiger partial charge < -0.3 is 19.2 Å². The van der Waals surface area contributed by atoms with Gasteiger partial charge in [0.15, 0.2) is 5.75 Å². The number of methoxy groups -OCH3 is 2. The molecule has 0 aliphatic heterocycles. The number of esters is 2. The number of carbonyl (C=O) groups excluding carboxylic acids is 2. The third-order valence-electron chi connectivity index (χ3n) is 4.63. The van der Waals surface area contributed by atoms with Crippen LogP contribution >= 0.6 is 0 Å². The SMILES string of the molecule is COC(=O)c1ccc2c(=O)[nH]c(COC(=O)c3nn(-c4ccccc4)cc3OC)nc2c1. The Morgan fingerprint density at radius 1 is 1.06 bits per heavy atom. The van der Waals surface area contributed by atoms with Crippen molar-refractivity contribution in [1.29, 1.82) is 0 Å². The molecule has 0 fully saturated rings. The number of benzene rings is 2. The fourth-order valence-corrected chi connectivity index (χ4v) is 3.07. The first-order valence-electron chi connectivity index (χ1n) is 9.47. The third kappa shape index (κ3) is 4.06. The molecule has 0 aliphatic carbocycles. The zero-order chi connectivity index (χ0) is 22.7. The lowest BCUT2D eigenvalue weighted by atomic mass is 10.1. The van der Waals surface area contributed by atoms with E-state index in [4.69, 9.17) is 9.47 Å². The summed E-state index contributed by atoms with van der Waals surface area (Å²) in [7, 11) is 2.68. The standard InChI is InChI=1S/C22H18N4O6/c1-30-17-11-26(14-6-4-3-5-7-14)25-19(17)22(29)32-12-18-23-16-10-13(21(28)31-2)8-9-15(16)20(27)24-18/h3-11H,12H2,1-2H3,(H,23,24,27). The molecule has 4 rings (SSSR count). The van der Waals surface area contributed by atoms with Crippen molar-refractivity contribution in [3.8, 4) is 11.4 Å². The number of nitrogens with zero attached hydrogens (tertiary/aromatic N) is 3. The lowest BCUT2D eigenvalue weighted by molar-refractivity contribution is 0.0451. The largest absolute Gasteiger partial charge is 0.493 e. The first-order chi connectivity index (χ1) is 15.5. The molecule has 2 aromatic heterocycles. The maximum absolute atomic E-state index is 12.6. The van der Waals surface area contributed by atoms with Crippen LogP contribution in [0.1, 0.15) is 26.7 Å². The molecule has 32 heavy (non-hydrogen) atoms. The summed E-state index contributed by atoms with van der Waals surface area (Å²) in [5.41, 5.74) is 0.813. The van der Waals surface area contributed by atoms with Gasteiger partial charge in [0, 0.05) is 0 Å². The minimum absolute atomic E-state index is 0.0209. The van der Waals surface area contributed by atoms with Crippen LogP contribution in [-0.4, -0.2) is 45.9 Å². The molecule has 10 heteroatoms. The Hall–Kier alpha value is -4.47. The van der Waals surface area contributed by atoms with Gasteiger partial charge in [0.1, 0.15) is 12.4 Å². The van der Waals surface area contributed by atoms with Gasteiger partial charge in [-0.05, 0) is 30.3 Å². The second-order valence-corrected chi connectivity index (χ2v) is 6.64. The average molecular weight is 434 g/mol. The summed E-state index contributed by atoms with van der Waals surface area (Å²) >= 11 is 0. The number of fused-ring (bicyclic) bond motifs is 1. The van der Waals surface area contributed by atoms with Crippen molar-refractivity contribution in [2.45, 2.75) is 6.61 Å². The maximum atomic E-state index is 12.6. The van der Waals surface area contributed by atoms with Gasteiger partial charge >= 0.3 is 11.9 Å². The molecule has 0 unspecified atom stereocenters. The van der Waals surface area contributed by atoms with Gasteiger partial charge in [0.2, 0.25) is 5.69 Å². The molecule has 0 amide bonds. The van der Waals surface area contributed by atoms with E-state index >= 15 is 0 Å². The Bertz CT molecular complexity index is 1360. The van der Waals surface area contributed by atoms with Crippen LogP contribution < -0.4 is 10.3 Å². The van der Waals surface area contributed by atoms with Crippen LogP contribution in [0.25, 0.3) is 16.6 Å². The van der Waals surface area contributed by atoms with E-state index in [0.29, 0.717) is 0 Å². The summed E-state index contributed by atoms with van der Waals surface area (Å²) in [6.07, 6.45) is 1.57. The second-order valence-electron chi connectivity index (χ2n) is 6.64. The van der Waals surface area contributed by atoms with Gasteiger partial charge in [-0.25, -0.2) is 19.3 Å². The smallest absolute Gasteiger partial charge is 0.363 e. The Kier molecular flexibility index (Phi) is 5.67. The monoisotopic (exact) mass is 434 g/mol. The highest BCUT2D eigenvalue weighted by atomic mass is 16.5. The fourth-order valence-electron chi connectivity index (χ4n) is 3.07. The van der Waals surface area contributed by atoms with Gasteiger partial charge in [-0.1, -0.05) is 18.2 Å². The van der Waals surface area contributed by atoms with Crippen molar-refractivity contribution in [3.05, 3.63) is 82.2 Å².